The summed E-state index contributed by atoms with van der Waals surface area (Å²) in [5.41, 5.74) is 3.99. The molecule has 4 aromatic rings. The molecule has 4 rings (SSSR count). The van der Waals surface area contributed by atoms with E-state index in [1.54, 1.807) is 18.2 Å². The summed E-state index contributed by atoms with van der Waals surface area (Å²) < 4.78 is 1.19. The van der Waals surface area contributed by atoms with Crippen LogP contribution in [0.15, 0.2) is 72.8 Å². The van der Waals surface area contributed by atoms with E-state index >= 15 is 0 Å². The first-order chi connectivity index (χ1) is 15.9. The van der Waals surface area contributed by atoms with E-state index in [-0.39, 0.29) is 17.6 Å². The van der Waals surface area contributed by atoms with Gasteiger partial charge in [0, 0.05) is 30.6 Å². The maximum Gasteiger partial charge on any atom is 0.347 e. The van der Waals surface area contributed by atoms with Gasteiger partial charge in [-0.05, 0) is 47.9 Å². The largest absolute Gasteiger partial charge is 0.347 e. The molecule has 166 valence electrons. The number of hydrogen-bond donors (Lipinski definition) is 3. The lowest BCUT2D eigenvalue weighted by atomic mass is 10.0. The van der Waals surface area contributed by atoms with Crippen LogP contribution in [0.25, 0.3) is 10.9 Å². The van der Waals surface area contributed by atoms with Gasteiger partial charge in [-0.25, -0.2) is 4.79 Å². The van der Waals surface area contributed by atoms with Gasteiger partial charge in [-0.3, -0.25) is 9.59 Å². The third-order valence-electron chi connectivity index (χ3n) is 4.94. The first-order valence-corrected chi connectivity index (χ1v) is 10.4. The Hall–Kier alpha value is -4.46. The first kappa shape index (κ1) is 21.8. The molecule has 0 atom stereocenters. The highest BCUT2D eigenvalue weighted by Gasteiger charge is 2.17. The van der Waals surface area contributed by atoms with Gasteiger partial charge in [-0.2, -0.15) is 4.68 Å². The zero-order chi connectivity index (χ0) is 23.4. The van der Waals surface area contributed by atoms with E-state index in [0.717, 1.165) is 12.0 Å². The maximum atomic E-state index is 13.0. The van der Waals surface area contributed by atoms with E-state index in [1.807, 2.05) is 42.5 Å². The van der Waals surface area contributed by atoms with Crippen molar-refractivity contribution in [3.8, 4) is 0 Å². The number of benzene rings is 3. The zero-order valence-corrected chi connectivity index (χ0v) is 18.3. The molecular formula is C25H23N5O3. The predicted molar refractivity (Wildman–Crippen MR) is 128 cm³/mol. The van der Waals surface area contributed by atoms with Gasteiger partial charge in [0.05, 0.1) is 5.52 Å². The molecule has 0 unspecified atom stereocenters. The fourth-order valence-electron chi connectivity index (χ4n) is 3.53. The van der Waals surface area contributed by atoms with Crippen LogP contribution in [0.5, 0.6) is 0 Å². The molecule has 0 aliphatic carbocycles. The molecule has 3 amide bonds. The van der Waals surface area contributed by atoms with E-state index in [4.69, 9.17) is 0 Å². The quantitative estimate of drug-likeness (QED) is 0.420. The lowest BCUT2D eigenvalue weighted by Crippen LogP contribution is -2.21. The van der Waals surface area contributed by atoms with E-state index < -0.39 is 6.03 Å². The van der Waals surface area contributed by atoms with Crippen molar-refractivity contribution < 1.29 is 14.4 Å². The molecule has 0 bridgehead atoms. The molecule has 1 aromatic heterocycles. The highest BCUT2D eigenvalue weighted by molar-refractivity contribution is 6.06. The van der Waals surface area contributed by atoms with E-state index in [0.29, 0.717) is 22.3 Å². The van der Waals surface area contributed by atoms with Crippen molar-refractivity contribution in [2.45, 2.75) is 20.3 Å². The van der Waals surface area contributed by atoms with Crippen molar-refractivity contribution in [3.63, 3.8) is 0 Å². The van der Waals surface area contributed by atoms with Gasteiger partial charge >= 0.3 is 6.03 Å². The summed E-state index contributed by atoms with van der Waals surface area (Å²) >= 11 is 0. The smallest absolute Gasteiger partial charge is 0.326 e. The Morgan fingerprint density at radius 3 is 2.06 bits per heavy atom. The molecule has 1 heterocycles. The Kier molecular flexibility index (Phi) is 6.17. The molecule has 0 saturated heterocycles. The van der Waals surface area contributed by atoms with Crippen LogP contribution < -0.4 is 16.0 Å². The molecule has 0 spiro atoms. The Balaban J connectivity index is 1.57. The second-order valence-corrected chi connectivity index (χ2v) is 7.64. The van der Waals surface area contributed by atoms with Crippen molar-refractivity contribution in [3.05, 3.63) is 83.9 Å². The number of carbonyl (C=O) groups is 3. The molecular weight excluding hydrogens is 418 g/mol. The Morgan fingerprint density at radius 2 is 1.39 bits per heavy atom. The summed E-state index contributed by atoms with van der Waals surface area (Å²) in [6.07, 6.45) is 0.801. The van der Waals surface area contributed by atoms with E-state index in [2.05, 4.69) is 33.2 Å². The lowest BCUT2D eigenvalue weighted by Gasteiger charge is -2.08. The zero-order valence-electron chi connectivity index (χ0n) is 18.3. The third kappa shape index (κ3) is 5.24. The monoisotopic (exact) mass is 441 g/mol. The van der Waals surface area contributed by atoms with Crippen LogP contribution >= 0.6 is 0 Å². The highest BCUT2D eigenvalue weighted by Crippen LogP contribution is 2.27. The summed E-state index contributed by atoms with van der Waals surface area (Å²) in [5.74, 6) is -0.310. The normalized spacial score (nSPS) is 10.6. The van der Waals surface area contributed by atoms with Crippen LogP contribution in [0.1, 0.15) is 25.0 Å². The van der Waals surface area contributed by atoms with Gasteiger partial charge in [0.1, 0.15) is 0 Å². The third-order valence-corrected chi connectivity index (χ3v) is 4.94. The summed E-state index contributed by atoms with van der Waals surface area (Å²) in [7, 11) is 0. The summed E-state index contributed by atoms with van der Waals surface area (Å²) in [4.78, 5) is 36.0. The number of anilines is 3. The molecule has 3 aromatic carbocycles. The van der Waals surface area contributed by atoms with Crippen LogP contribution in [0.4, 0.5) is 22.0 Å². The number of rotatable bonds is 5. The van der Waals surface area contributed by atoms with E-state index in [9.17, 15) is 14.4 Å². The number of carbonyl (C=O) groups excluding carboxylic acids is 3. The van der Waals surface area contributed by atoms with Gasteiger partial charge < -0.3 is 16.0 Å². The van der Waals surface area contributed by atoms with Crippen molar-refractivity contribution in [1.29, 1.82) is 0 Å². The van der Waals surface area contributed by atoms with Crippen molar-refractivity contribution in [1.82, 2.24) is 9.78 Å². The number of aromatic nitrogens is 2. The minimum atomic E-state index is -0.473. The molecule has 3 N–H and O–H groups in total. The molecule has 0 fully saturated rings. The summed E-state index contributed by atoms with van der Waals surface area (Å²) in [5, 5.41) is 13.0. The fourth-order valence-corrected chi connectivity index (χ4v) is 3.53. The van der Waals surface area contributed by atoms with Crippen molar-refractivity contribution >= 4 is 45.9 Å². The van der Waals surface area contributed by atoms with Crippen LogP contribution in [0.2, 0.25) is 0 Å². The van der Waals surface area contributed by atoms with Crippen LogP contribution in [-0.4, -0.2) is 27.6 Å². The molecule has 33 heavy (non-hydrogen) atoms. The Labute approximate surface area is 190 Å². The second kappa shape index (κ2) is 9.35. The average molecular weight is 441 g/mol. The highest BCUT2D eigenvalue weighted by atomic mass is 16.2. The Bertz CT molecular complexity index is 1330. The average Bonchev–Trinajstić information content (AvgIpc) is 3.12. The standard InChI is InChI=1S/C25H23N5O3/c1-16(31)26-21-12-13-23-22(15-21)24(27-17(2)32)29-30(23)25(33)28-20-10-8-19(9-11-20)14-18-6-4-3-5-7-18/h3-13,15H,14H2,1-2H3,(H,26,31)(H,28,33)(H,27,29,32). The molecule has 0 radical (unpaired) electrons. The first-order valence-electron chi connectivity index (χ1n) is 10.4. The molecule has 8 nitrogen and oxygen atoms in total. The second-order valence-electron chi connectivity index (χ2n) is 7.64. The van der Waals surface area contributed by atoms with Crippen molar-refractivity contribution in [2.75, 3.05) is 16.0 Å². The number of fused-ring (bicyclic) bond motifs is 1. The van der Waals surface area contributed by atoms with Gasteiger partial charge in [0.25, 0.3) is 0 Å². The van der Waals surface area contributed by atoms with Gasteiger partial charge in [0.15, 0.2) is 5.82 Å². The number of amides is 3. The minimum absolute atomic E-state index is 0.226. The SMILES string of the molecule is CC(=O)Nc1ccc2c(c1)c(NC(C)=O)nn2C(=O)Nc1ccc(Cc2ccccc2)cc1. The minimum Gasteiger partial charge on any atom is -0.326 e. The van der Waals surface area contributed by atoms with Crippen LogP contribution in [0.3, 0.4) is 0 Å². The topological polar surface area (TPSA) is 105 Å². The number of nitrogens with zero attached hydrogens (tertiary/aromatic N) is 2. The number of hydrogen-bond acceptors (Lipinski definition) is 4. The molecule has 0 aliphatic heterocycles. The van der Waals surface area contributed by atoms with Crippen LogP contribution in [0, 0.1) is 0 Å². The number of nitrogens with one attached hydrogen (secondary N) is 3. The molecule has 8 heteroatoms. The van der Waals surface area contributed by atoms with Gasteiger partial charge in [0.2, 0.25) is 11.8 Å². The van der Waals surface area contributed by atoms with Gasteiger partial charge in [-0.1, -0.05) is 42.5 Å². The molecule has 0 aliphatic rings. The lowest BCUT2D eigenvalue weighted by molar-refractivity contribution is -0.115. The Morgan fingerprint density at radius 1 is 0.758 bits per heavy atom. The predicted octanol–water partition coefficient (Wildman–Crippen LogP) is 4.62. The van der Waals surface area contributed by atoms with Crippen LogP contribution in [-0.2, 0) is 16.0 Å². The van der Waals surface area contributed by atoms with Crippen molar-refractivity contribution in [2.24, 2.45) is 0 Å². The summed E-state index contributed by atoms with van der Waals surface area (Å²) in [6, 6.07) is 22.3. The summed E-state index contributed by atoms with van der Waals surface area (Å²) in [6.45, 7) is 2.76. The maximum absolute atomic E-state index is 13.0. The molecule has 0 saturated carbocycles. The van der Waals surface area contributed by atoms with E-state index in [1.165, 1.54) is 24.1 Å². The van der Waals surface area contributed by atoms with Gasteiger partial charge in [-0.15, -0.1) is 5.10 Å². The fraction of sp³-hybridized carbons (Fsp3) is 0.120.